The van der Waals surface area contributed by atoms with E-state index in [-0.39, 0.29) is 28.8 Å². The summed E-state index contributed by atoms with van der Waals surface area (Å²) in [4.78, 5) is 15.1. The highest BCUT2D eigenvalue weighted by atomic mass is 35.5. The van der Waals surface area contributed by atoms with Gasteiger partial charge >= 0.3 is 6.18 Å². The molecule has 0 saturated carbocycles. The molecule has 7 nitrogen and oxygen atoms in total. The molecule has 0 aliphatic carbocycles. The summed E-state index contributed by atoms with van der Waals surface area (Å²) in [6.07, 6.45) is -2.74. The molecule has 23 heavy (non-hydrogen) atoms. The van der Waals surface area contributed by atoms with Crippen LogP contribution in [0.3, 0.4) is 0 Å². The number of amidine groups is 1. The van der Waals surface area contributed by atoms with Crippen molar-refractivity contribution in [1.82, 2.24) is 20.2 Å². The van der Waals surface area contributed by atoms with E-state index in [2.05, 4.69) is 20.6 Å². The molecule has 0 spiro atoms. The number of rotatable bonds is 5. The molecule has 2 aromatic rings. The molecular formula is C12H10ClF3N6O. The zero-order chi connectivity index (χ0) is 17.0. The summed E-state index contributed by atoms with van der Waals surface area (Å²) in [5, 5.41) is 7.30. The summed E-state index contributed by atoms with van der Waals surface area (Å²) in [5.41, 5.74) is 7.27. The first-order valence-corrected chi connectivity index (χ1v) is 6.49. The zero-order valence-electron chi connectivity index (χ0n) is 11.4. The second kappa shape index (κ2) is 6.65. The molecule has 3 N–H and O–H groups in total. The Morgan fingerprint density at radius 3 is 2.87 bits per heavy atom. The van der Waals surface area contributed by atoms with Crippen LogP contribution in [-0.4, -0.2) is 33.1 Å². The number of hydrazone groups is 1. The van der Waals surface area contributed by atoms with Crippen LogP contribution >= 0.6 is 11.6 Å². The third-order valence-corrected chi connectivity index (χ3v) is 2.89. The van der Waals surface area contributed by atoms with Crippen molar-refractivity contribution in [2.45, 2.75) is 12.7 Å². The van der Waals surface area contributed by atoms with Gasteiger partial charge in [-0.15, -0.1) is 0 Å². The van der Waals surface area contributed by atoms with Crippen LogP contribution in [0.2, 0.25) is 5.02 Å². The number of nitrogens with zero attached hydrogens (tertiary/aromatic N) is 4. The lowest BCUT2D eigenvalue weighted by molar-refractivity contribution is -0.0603. The third kappa shape index (κ3) is 3.97. The molecule has 0 amide bonds. The summed E-state index contributed by atoms with van der Waals surface area (Å²) in [6, 6.07) is 4.53. The SMILES string of the molecule is N/C(=N\NCc1cc(C=O)n(-c2ncccc2Cl)n1)C(F)(F)F. The van der Waals surface area contributed by atoms with Gasteiger partial charge in [-0.1, -0.05) is 11.6 Å². The van der Waals surface area contributed by atoms with Crippen LogP contribution in [0.4, 0.5) is 13.2 Å². The van der Waals surface area contributed by atoms with Gasteiger partial charge in [-0.2, -0.15) is 23.4 Å². The number of aromatic nitrogens is 3. The van der Waals surface area contributed by atoms with E-state index >= 15 is 0 Å². The summed E-state index contributed by atoms with van der Waals surface area (Å²) < 4.78 is 37.7. The van der Waals surface area contributed by atoms with Crippen LogP contribution in [0.25, 0.3) is 5.82 Å². The largest absolute Gasteiger partial charge is 0.450 e. The van der Waals surface area contributed by atoms with Gasteiger partial charge in [0.15, 0.2) is 12.1 Å². The third-order valence-electron chi connectivity index (χ3n) is 2.60. The maximum absolute atomic E-state index is 12.2. The monoisotopic (exact) mass is 346 g/mol. The maximum Gasteiger partial charge on any atom is 0.450 e. The van der Waals surface area contributed by atoms with Crippen molar-refractivity contribution in [3.8, 4) is 5.82 Å². The number of nitrogens with two attached hydrogens (primary N) is 1. The fraction of sp³-hybridized carbons (Fsp3) is 0.167. The number of carbonyl (C=O) groups is 1. The summed E-state index contributed by atoms with van der Waals surface area (Å²) in [6.45, 7) is -0.172. The number of alkyl halides is 3. The van der Waals surface area contributed by atoms with Gasteiger partial charge < -0.3 is 11.2 Å². The molecule has 0 fully saturated rings. The van der Waals surface area contributed by atoms with Crippen molar-refractivity contribution >= 4 is 23.7 Å². The Labute approximate surface area is 132 Å². The number of hydrogen-bond acceptors (Lipinski definition) is 5. The van der Waals surface area contributed by atoms with Crippen molar-refractivity contribution in [3.63, 3.8) is 0 Å². The summed E-state index contributed by atoms with van der Waals surface area (Å²) in [7, 11) is 0. The minimum Gasteiger partial charge on any atom is -0.378 e. The van der Waals surface area contributed by atoms with Crippen LogP contribution in [0.15, 0.2) is 29.5 Å². The normalized spacial score (nSPS) is 12.3. The van der Waals surface area contributed by atoms with E-state index in [1.54, 1.807) is 12.1 Å². The van der Waals surface area contributed by atoms with Crippen molar-refractivity contribution < 1.29 is 18.0 Å². The Bertz CT molecular complexity index is 743. The second-order valence-corrected chi connectivity index (χ2v) is 4.64. The van der Waals surface area contributed by atoms with E-state index in [4.69, 9.17) is 17.3 Å². The van der Waals surface area contributed by atoms with E-state index in [0.717, 1.165) is 0 Å². The minimum atomic E-state index is -4.72. The van der Waals surface area contributed by atoms with Crippen molar-refractivity contribution in [1.29, 1.82) is 0 Å². The van der Waals surface area contributed by atoms with Gasteiger partial charge in [0, 0.05) is 6.20 Å². The number of hydrogen-bond donors (Lipinski definition) is 2. The lowest BCUT2D eigenvalue weighted by Gasteiger charge is -2.05. The molecule has 0 atom stereocenters. The smallest absolute Gasteiger partial charge is 0.378 e. The van der Waals surface area contributed by atoms with E-state index in [0.29, 0.717) is 6.29 Å². The molecule has 0 saturated heterocycles. The number of carbonyl (C=O) groups excluding carboxylic acids is 1. The molecule has 0 radical (unpaired) electrons. The van der Waals surface area contributed by atoms with Gasteiger partial charge in [-0.25, -0.2) is 9.67 Å². The molecule has 122 valence electrons. The van der Waals surface area contributed by atoms with Crippen molar-refractivity contribution in [2.24, 2.45) is 10.8 Å². The van der Waals surface area contributed by atoms with Crippen LogP contribution < -0.4 is 11.2 Å². The average molecular weight is 347 g/mol. The quantitative estimate of drug-likeness (QED) is 0.371. The highest BCUT2D eigenvalue weighted by molar-refractivity contribution is 6.32. The van der Waals surface area contributed by atoms with Gasteiger partial charge in [-0.05, 0) is 18.2 Å². The average Bonchev–Trinajstić information content (AvgIpc) is 2.89. The molecule has 0 bridgehead atoms. The predicted molar refractivity (Wildman–Crippen MR) is 76.3 cm³/mol. The number of aldehydes is 1. The molecule has 11 heteroatoms. The molecular weight excluding hydrogens is 337 g/mol. The fourth-order valence-corrected chi connectivity index (χ4v) is 1.79. The van der Waals surface area contributed by atoms with E-state index < -0.39 is 12.0 Å². The Morgan fingerprint density at radius 1 is 1.52 bits per heavy atom. The molecule has 2 rings (SSSR count). The Balaban J connectivity index is 2.20. The second-order valence-electron chi connectivity index (χ2n) is 4.23. The molecule has 2 heterocycles. The topological polar surface area (TPSA) is 98.2 Å². The number of pyridine rings is 1. The predicted octanol–water partition coefficient (Wildman–Crippen LogP) is 1.66. The van der Waals surface area contributed by atoms with Crippen LogP contribution in [0.5, 0.6) is 0 Å². The van der Waals surface area contributed by atoms with Crippen LogP contribution in [0.1, 0.15) is 16.2 Å². The van der Waals surface area contributed by atoms with Gasteiger partial charge in [-0.3, -0.25) is 4.79 Å². The minimum absolute atomic E-state index is 0.134. The highest BCUT2D eigenvalue weighted by Gasteiger charge is 2.33. The first-order valence-electron chi connectivity index (χ1n) is 6.11. The molecule has 0 unspecified atom stereocenters. The van der Waals surface area contributed by atoms with Crippen molar-refractivity contribution in [2.75, 3.05) is 0 Å². The first-order chi connectivity index (χ1) is 10.8. The Morgan fingerprint density at radius 2 is 2.26 bits per heavy atom. The molecule has 2 aromatic heterocycles. The summed E-state index contributed by atoms with van der Waals surface area (Å²) in [5.74, 6) is -1.29. The summed E-state index contributed by atoms with van der Waals surface area (Å²) >= 11 is 5.97. The molecule has 0 aromatic carbocycles. The first kappa shape index (κ1) is 16.7. The van der Waals surface area contributed by atoms with E-state index in [1.807, 2.05) is 0 Å². The number of halogens is 4. The molecule has 0 aliphatic heterocycles. The lowest BCUT2D eigenvalue weighted by atomic mass is 10.3. The van der Waals surface area contributed by atoms with Gasteiger partial charge in [0.2, 0.25) is 5.84 Å². The van der Waals surface area contributed by atoms with Crippen molar-refractivity contribution in [3.05, 3.63) is 40.8 Å². The van der Waals surface area contributed by atoms with E-state index in [1.165, 1.54) is 16.9 Å². The van der Waals surface area contributed by atoms with Crippen LogP contribution in [0, 0.1) is 0 Å². The van der Waals surface area contributed by atoms with Gasteiger partial charge in [0.25, 0.3) is 0 Å². The zero-order valence-corrected chi connectivity index (χ0v) is 12.1. The van der Waals surface area contributed by atoms with Crippen LogP contribution in [-0.2, 0) is 6.54 Å². The maximum atomic E-state index is 12.2. The van der Waals surface area contributed by atoms with Gasteiger partial charge in [0.1, 0.15) is 5.69 Å². The van der Waals surface area contributed by atoms with Gasteiger partial charge in [0.05, 0.1) is 17.3 Å². The van der Waals surface area contributed by atoms with E-state index in [9.17, 15) is 18.0 Å². The number of nitrogens with one attached hydrogen (secondary N) is 1. The fourth-order valence-electron chi connectivity index (χ4n) is 1.59. The Hall–Kier alpha value is -2.62. The molecule has 0 aliphatic rings. The standard InChI is InChI=1S/C12H10ClF3N6O/c13-9-2-1-3-18-10(9)22-8(6-23)4-7(21-22)5-19-20-11(17)12(14,15)16/h1-4,6,19H,5H2,(H2,17,20). The Kier molecular flexibility index (Phi) is 4.84. The highest BCUT2D eigenvalue weighted by Crippen LogP contribution is 2.18. The lowest BCUT2D eigenvalue weighted by Crippen LogP contribution is -2.33.